The molecule has 2 aromatic rings. The van der Waals surface area contributed by atoms with Crippen LogP contribution in [0.3, 0.4) is 0 Å². The Morgan fingerprint density at radius 1 is 0.967 bits per heavy atom. The maximum Gasteiger partial charge on any atom is 0.262 e. The number of sulfonamides is 1. The molecule has 0 unspecified atom stereocenters. The molecule has 9 heteroatoms. The first kappa shape index (κ1) is 23.3. The molecule has 0 aliphatic carbocycles. The largest absolute Gasteiger partial charge is 0.497 e. The third-order valence-corrected chi connectivity index (χ3v) is 5.53. The molecule has 0 fully saturated rings. The van der Waals surface area contributed by atoms with E-state index in [1.54, 1.807) is 19.1 Å². The highest BCUT2D eigenvalue weighted by Gasteiger charge is 2.19. The molecule has 2 rings (SSSR count). The molecule has 2 aromatic carbocycles. The van der Waals surface area contributed by atoms with Crippen molar-refractivity contribution in [3.05, 3.63) is 42.5 Å². The van der Waals surface area contributed by atoms with E-state index in [0.29, 0.717) is 29.7 Å². The fraction of sp³-hybridized carbons (Fsp3) is 0.381. The van der Waals surface area contributed by atoms with Crippen molar-refractivity contribution in [2.24, 2.45) is 5.92 Å². The van der Waals surface area contributed by atoms with Crippen LogP contribution >= 0.6 is 0 Å². The molecule has 0 saturated carbocycles. The van der Waals surface area contributed by atoms with Gasteiger partial charge < -0.3 is 19.5 Å². The lowest BCUT2D eigenvalue weighted by atomic mass is 10.2. The molecule has 0 aromatic heterocycles. The second-order valence-electron chi connectivity index (χ2n) is 7.04. The van der Waals surface area contributed by atoms with Crippen molar-refractivity contribution in [2.75, 3.05) is 25.5 Å². The lowest BCUT2D eigenvalue weighted by Gasteiger charge is -2.16. The molecule has 1 atom stereocenters. The van der Waals surface area contributed by atoms with E-state index >= 15 is 0 Å². The summed E-state index contributed by atoms with van der Waals surface area (Å²) in [6, 6.07) is 10.6. The SMILES string of the molecule is COc1ccc(OC)c(NS(=O)(=O)c2ccc(O[C@H](C)C(=O)NCC(C)C)cc2)c1. The second kappa shape index (κ2) is 10.2. The van der Waals surface area contributed by atoms with E-state index in [9.17, 15) is 13.2 Å². The van der Waals surface area contributed by atoms with Gasteiger partial charge in [-0.2, -0.15) is 0 Å². The Morgan fingerprint density at radius 3 is 2.17 bits per heavy atom. The van der Waals surface area contributed by atoms with Gasteiger partial charge in [0.05, 0.1) is 24.8 Å². The summed E-state index contributed by atoms with van der Waals surface area (Å²) in [7, 11) is -0.933. The summed E-state index contributed by atoms with van der Waals surface area (Å²) >= 11 is 0. The maximum atomic E-state index is 12.7. The van der Waals surface area contributed by atoms with Crippen molar-refractivity contribution < 1.29 is 27.4 Å². The minimum absolute atomic E-state index is 0.0386. The quantitative estimate of drug-likeness (QED) is 0.593. The molecule has 164 valence electrons. The number of benzene rings is 2. The van der Waals surface area contributed by atoms with Gasteiger partial charge in [0, 0.05) is 12.6 Å². The molecule has 0 spiro atoms. The summed E-state index contributed by atoms with van der Waals surface area (Å²) in [4.78, 5) is 12.1. The van der Waals surface area contributed by atoms with Gasteiger partial charge in [0.15, 0.2) is 6.10 Å². The molecule has 0 saturated heterocycles. The predicted octanol–water partition coefficient (Wildman–Crippen LogP) is 3.04. The molecule has 0 aliphatic heterocycles. The number of rotatable bonds is 10. The zero-order valence-electron chi connectivity index (χ0n) is 17.8. The van der Waals surface area contributed by atoms with Gasteiger partial charge in [-0.3, -0.25) is 9.52 Å². The fourth-order valence-electron chi connectivity index (χ4n) is 2.50. The number of hydrogen-bond acceptors (Lipinski definition) is 6. The van der Waals surface area contributed by atoms with Crippen LogP contribution in [0, 0.1) is 5.92 Å². The van der Waals surface area contributed by atoms with E-state index in [4.69, 9.17) is 14.2 Å². The molecule has 1 amide bonds. The Labute approximate surface area is 177 Å². The molecule has 0 radical (unpaired) electrons. The van der Waals surface area contributed by atoms with Gasteiger partial charge in [-0.25, -0.2) is 8.42 Å². The first-order valence-electron chi connectivity index (χ1n) is 9.45. The van der Waals surface area contributed by atoms with Gasteiger partial charge in [0.1, 0.15) is 17.2 Å². The van der Waals surface area contributed by atoms with Crippen molar-refractivity contribution in [3.8, 4) is 17.2 Å². The van der Waals surface area contributed by atoms with Crippen molar-refractivity contribution in [3.63, 3.8) is 0 Å². The molecule has 0 aliphatic rings. The normalized spacial score (nSPS) is 12.2. The van der Waals surface area contributed by atoms with E-state index < -0.39 is 16.1 Å². The molecule has 0 heterocycles. The highest BCUT2D eigenvalue weighted by Crippen LogP contribution is 2.31. The van der Waals surface area contributed by atoms with Gasteiger partial charge >= 0.3 is 0 Å². The number of methoxy groups -OCH3 is 2. The lowest BCUT2D eigenvalue weighted by Crippen LogP contribution is -2.38. The number of carbonyl (C=O) groups excluding carboxylic acids is 1. The van der Waals surface area contributed by atoms with Gasteiger partial charge in [0.2, 0.25) is 0 Å². The highest BCUT2D eigenvalue weighted by atomic mass is 32.2. The van der Waals surface area contributed by atoms with Crippen molar-refractivity contribution in [1.29, 1.82) is 0 Å². The first-order chi connectivity index (χ1) is 14.2. The minimum Gasteiger partial charge on any atom is -0.497 e. The monoisotopic (exact) mass is 436 g/mol. The van der Waals surface area contributed by atoms with Gasteiger partial charge in [-0.05, 0) is 49.2 Å². The lowest BCUT2D eigenvalue weighted by molar-refractivity contribution is -0.127. The average Bonchev–Trinajstić information content (AvgIpc) is 2.71. The smallest absolute Gasteiger partial charge is 0.262 e. The third-order valence-electron chi connectivity index (χ3n) is 4.15. The van der Waals surface area contributed by atoms with Crippen molar-refractivity contribution >= 4 is 21.6 Å². The van der Waals surface area contributed by atoms with Crippen molar-refractivity contribution in [2.45, 2.75) is 31.8 Å². The number of hydrogen-bond donors (Lipinski definition) is 2. The fourth-order valence-corrected chi connectivity index (χ4v) is 3.56. The van der Waals surface area contributed by atoms with Crippen molar-refractivity contribution in [1.82, 2.24) is 5.32 Å². The van der Waals surface area contributed by atoms with Crippen LogP contribution in [0.4, 0.5) is 5.69 Å². The summed E-state index contributed by atoms with van der Waals surface area (Å²) in [6.45, 7) is 6.19. The Morgan fingerprint density at radius 2 is 1.60 bits per heavy atom. The number of anilines is 1. The molecule has 2 N–H and O–H groups in total. The zero-order valence-corrected chi connectivity index (χ0v) is 18.6. The summed E-state index contributed by atoms with van der Waals surface area (Å²) in [6.07, 6.45) is -0.703. The molecule has 0 bridgehead atoms. The number of ether oxygens (including phenoxy) is 3. The predicted molar refractivity (Wildman–Crippen MR) is 115 cm³/mol. The minimum atomic E-state index is -3.87. The van der Waals surface area contributed by atoms with Crippen LogP contribution in [0.5, 0.6) is 17.2 Å². The molecular weight excluding hydrogens is 408 g/mol. The summed E-state index contributed by atoms with van der Waals surface area (Å²) < 4.78 is 43.9. The van der Waals surface area contributed by atoms with Crippen LogP contribution < -0.4 is 24.2 Å². The third kappa shape index (κ3) is 6.28. The van der Waals surface area contributed by atoms with Crippen LogP contribution in [0.25, 0.3) is 0 Å². The van der Waals surface area contributed by atoms with Crippen LogP contribution in [-0.4, -0.2) is 41.2 Å². The zero-order chi connectivity index (χ0) is 22.3. The standard InChI is InChI=1S/C21H28N2O6S/c1-14(2)13-22-21(24)15(3)29-16-6-9-18(10-7-16)30(25,26)23-19-12-17(27-4)8-11-20(19)28-5/h6-12,14-15,23H,13H2,1-5H3,(H,22,24)/t15-/m1/s1. The van der Waals surface area contributed by atoms with Crippen LogP contribution in [0.2, 0.25) is 0 Å². The molecule has 30 heavy (non-hydrogen) atoms. The summed E-state index contributed by atoms with van der Waals surface area (Å²) in [5, 5.41) is 2.79. The average molecular weight is 437 g/mol. The summed E-state index contributed by atoms with van der Waals surface area (Å²) in [5.74, 6) is 1.34. The van der Waals surface area contributed by atoms with Gasteiger partial charge in [-0.1, -0.05) is 13.8 Å². The second-order valence-corrected chi connectivity index (χ2v) is 8.72. The number of nitrogens with one attached hydrogen (secondary N) is 2. The van der Waals surface area contributed by atoms with E-state index in [2.05, 4.69) is 10.0 Å². The van der Waals surface area contributed by atoms with Gasteiger partial charge in [-0.15, -0.1) is 0 Å². The van der Waals surface area contributed by atoms with E-state index in [0.717, 1.165) is 0 Å². The van der Waals surface area contributed by atoms with Crippen LogP contribution in [0.1, 0.15) is 20.8 Å². The Kier molecular flexibility index (Phi) is 7.93. The highest BCUT2D eigenvalue weighted by molar-refractivity contribution is 7.92. The maximum absolute atomic E-state index is 12.7. The Bertz CT molecular complexity index is 958. The number of carbonyl (C=O) groups is 1. The molecule has 8 nitrogen and oxygen atoms in total. The van der Waals surface area contributed by atoms with E-state index in [-0.39, 0.29) is 16.5 Å². The van der Waals surface area contributed by atoms with E-state index in [1.165, 1.54) is 44.6 Å². The Balaban J connectivity index is 2.11. The Hall–Kier alpha value is -2.94. The van der Waals surface area contributed by atoms with Gasteiger partial charge in [0.25, 0.3) is 15.9 Å². The van der Waals surface area contributed by atoms with E-state index in [1.807, 2.05) is 13.8 Å². The van der Waals surface area contributed by atoms with Crippen LogP contribution in [0.15, 0.2) is 47.4 Å². The van der Waals surface area contributed by atoms with Crippen LogP contribution in [-0.2, 0) is 14.8 Å². The summed E-state index contributed by atoms with van der Waals surface area (Å²) in [5.41, 5.74) is 0.257. The molecular formula is C21H28N2O6S. The first-order valence-corrected chi connectivity index (χ1v) is 10.9. The number of amides is 1. The topological polar surface area (TPSA) is 103 Å².